The molecule has 0 spiro atoms. The standard InChI is InChI=1S/C18H18N2O4/c1-10-15(18(22)23-4)11(2)20-16(10)17(21)12(3)24-14-7-5-6-13(8-14)9-19/h5-8,12,20H,1-4H3/t12-/m0/s1. The molecular weight excluding hydrogens is 308 g/mol. The zero-order chi connectivity index (χ0) is 17.9. The van der Waals surface area contributed by atoms with E-state index in [2.05, 4.69) is 4.98 Å². The summed E-state index contributed by atoms with van der Waals surface area (Å²) in [6.45, 7) is 5.01. The third-order valence-electron chi connectivity index (χ3n) is 3.72. The van der Waals surface area contributed by atoms with E-state index in [4.69, 9.17) is 14.7 Å². The SMILES string of the molecule is COC(=O)c1c(C)[nH]c(C(=O)[C@H](C)Oc2cccc(C#N)c2)c1C. The number of ether oxygens (including phenoxy) is 2. The predicted octanol–water partition coefficient (Wildman–Crippen LogP) is 2.94. The summed E-state index contributed by atoms with van der Waals surface area (Å²) in [6, 6.07) is 8.60. The maximum atomic E-state index is 12.6. The predicted molar refractivity (Wildman–Crippen MR) is 87.2 cm³/mol. The molecule has 0 bridgehead atoms. The molecular formula is C18H18N2O4. The largest absolute Gasteiger partial charge is 0.482 e. The first-order valence-electron chi connectivity index (χ1n) is 7.37. The minimum Gasteiger partial charge on any atom is -0.482 e. The summed E-state index contributed by atoms with van der Waals surface area (Å²) in [6.07, 6.45) is -0.777. The molecule has 1 aromatic heterocycles. The summed E-state index contributed by atoms with van der Waals surface area (Å²) in [5.74, 6) is -0.340. The second kappa shape index (κ2) is 7.01. The Morgan fingerprint density at radius 3 is 2.62 bits per heavy atom. The van der Waals surface area contributed by atoms with E-state index in [-0.39, 0.29) is 5.78 Å². The summed E-state index contributed by atoms with van der Waals surface area (Å²) in [5, 5.41) is 8.91. The van der Waals surface area contributed by atoms with Crippen molar-refractivity contribution in [2.24, 2.45) is 0 Å². The molecule has 124 valence electrons. The van der Waals surface area contributed by atoms with Gasteiger partial charge in [-0.25, -0.2) is 4.79 Å². The van der Waals surface area contributed by atoms with Gasteiger partial charge in [0.05, 0.1) is 30.0 Å². The van der Waals surface area contributed by atoms with E-state index in [1.807, 2.05) is 6.07 Å². The van der Waals surface area contributed by atoms with Crippen molar-refractivity contribution >= 4 is 11.8 Å². The highest BCUT2D eigenvalue weighted by atomic mass is 16.5. The Bertz CT molecular complexity index is 830. The molecule has 0 aliphatic carbocycles. The van der Waals surface area contributed by atoms with Gasteiger partial charge in [0.25, 0.3) is 0 Å². The Kier molecular flexibility index (Phi) is 5.05. The van der Waals surface area contributed by atoms with Crippen molar-refractivity contribution in [3.8, 4) is 11.8 Å². The number of benzene rings is 1. The number of aromatic amines is 1. The van der Waals surface area contributed by atoms with Gasteiger partial charge < -0.3 is 14.5 Å². The third-order valence-corrected chi connectivity index (χ3v) is 3.72. The van der Waals surface area contributed by atoms with Crippen molar-refractivity contribution in [3.63, 3.8) is 0 Å². The van der Waals surface area contributed by atoms with E-state index in [0.29, 0.717) is 33.8 Å². The molecule has 1 aromatic carbocycles. The summed E-state index contributed by atoms with van der Waals surface area (Å²) in [4.78, 5) is 27.4. The molecule has 1 N–H and O–H groups in total. The molecule has 0 aliphatic heterocycles. The molecule has 2 rings (SSSR count). The van der Waals surface area contributed by atoms with Gasteiger partial charge in [-0.3, -0.25) is 4.79 Å². The lowest BCUT2D eigenvalue weighted by Gasteiger charge is -2.13. The molecule has 0 saturated carbocycles. The molecule has 1 heterocycles. The van der Waals surface area contributed by atoms with Gasteiger partial charge in [0.1, 0.15) is 5.75 Å². The Labute approximate surface area is 140 Å². The number of carbonyl (C=O) groups is 2. The highest BCUT2D eigenvalue weighted by Crippen LogP contribution is 2.22. The normalized spacial score (nSPS) is 11.5. The number of methoxy groups -OCH3 is 1. The van der Waals surface area contributed by atoms with Crippen molar-refractivity contribution < 1.29 is 19.1 Å². The first-order valence-corrected chi connectivity index (χ1v) is 7.37. The number of Topliss-reactive ketones (excluding diaryl/α,β-unsaturated/α-hetero) is 1. The van der Waals surface area contributed by atoms with Gasteiger partial charge in [-0.2, -0.15) is 5.26 Å². The van der Waals surface area contributed by atoms with E-state index in [9.17, 15) is 9.59 Å². The van der Waals surface area contributed by atoms with E-state index in [0.717, 1.165) is 0 Å². The van der Waals surface area contributed by atoms with Crippen molar-refractivity contribution in [2.45, 2.75) is 26.9 Å². The fourth-order valence-corrected chi connectivity index (χ4v) is 2.50. The van der Waals surface area contributed by atoms with Crippen LogP contribution in [-0.4, -0.2) is 30.0 Å². The van der Waals surface area contributed by atoms with Crippen LogP contribution in [0, 0.1) is 25.2 Å². The maximum absolute atomic E-state index is 12.6. The zero-order valence-electron chi connectivity index (χ0n) is 14.0. The van der Waals surface area contributed by atoms with Crippen molar-refractivity contribution in [2.75, 3.05) is 7.11 Å². The number of nitrogens with one attached hydrogen (secondary N) is 1. The van der Waals surface area contributed by atoms with Crippen LogP contribution in [0.15, 0.2) is 24.3 Å². The molecule has 6 heteroatoms. The summed E-state index contributed by atoms with van der Waals surface area (Å²) in [7, 11) is 1.30. The first-order chi connectivity index (χ1) is 11.4. The Balaban J connectivity index is 2.25. The summed E-state index contributed by atoms with van der Waals surface area (Å²) in [5.41, 5.74) is 2.23. The van der Waals surface area contributed by atoms with Gasteiger partial charge in [-0.05, 0) is 44.5 Å². The second-order valence-corrected chi connectivity index (χ2v) is 5.38. The van der Waals surface area contributed by atoms with E-state index in [1.54, 1.807) is 45.0 Å². The highest BCUT2D eigenvalue weighted by molar-refractivity contribution is 6.03. The number of hydrogen-bond acceptors (Lipinski definition) is 5. The van der Waals surface area contributed by atoms with Crippen LogP contribution in [-0.2, 0) is 4.74 Å². The smallest absolute Gasteiger partial charge is 0.339 e. The number of H-pyrrole nitrogens is 1. The van der Waals surface area contributed by atoms with Gasteiger partial charge in [0.2, 0.25) is 5.78 Å². The molecule has 0 amide bonds. The number of esters is 1. The molecule has 0 fully saturated rings. The number of aryl methyl sites for hydroxylation is 1. The van der Waals surface area contributed by atoms with Crippen molar-refractivity contribution in [1.82, 2.24) is 4.98 Å². The maximum Gasteiger partial charge on any atom is 0.339 e. The molecule has 0 radical (unpaired) electrons. The van der Waals surface area contributed by atoms with Crippen LogP contribution in [0.4, 0.5) is 0 Å². The number of aromatic nitrogens is 1. The molecule has 24 heavy (non-hydrogen) atoms. The van der Waals surface area contributed by atoms with Crippen LogP contribution in [0.3, 0.4) is 0 Å². The lowest BCUT2D eigenvalue weighted by Crippen LogP contribution is -2.25. The van der Waals surface area contributed by atoms with Crippen LogP contribution >= 0.6 is 0 Å². The third kappa shape index (κ3) is 3.30. The minimum atomic E-state index is -0.777. The zero-order valence-corrected chi connectivity index (χ0v) is 14.0. The van der Waals surface area contributed by atoms with Crippen LogP contribution in [0.25, 0.3) is 0 Å². The molecule has 0 unspecified atom stereocenters. The lowest BCUT2D eigenvalue weighted by atomic mass is 10.1. The van der Waals surface area contributed by atoms with Crippen LogP contribution in [0.5, 0.6) is 5.75 Å². The highest BCUT2D eigenvalue weighted by Gasteiger charge is 2.26. The monoisotopic (exact) mass is 326 g/mol. The van der Waals surface area contributed by atoms with Gasteiger partial charge in [-0.1, -0.05) is 6.07 Å². The van der Waals surface area contributed by atoms with Gasteiger partial charge in [-0.15, -0.1) is 0 Å². The fourth-order valence-electron chi connectivity index (χ4n) is 2.50. The summed E-state index contributed by atoms with van der Waals surface area (Å²) >= 11 is 0. The molecule has 0 aliphatic rings. The van der Waals surface area contributed by atoms with E-state index >= 15 is 0 Å². The van der Waals surface area contributed by atoms with Gasteiger partial charge in [0.15, 0.2) is 6.10 Å². The molecule has 2 aromatic rings. The number of rotatable bonds is 5. The average Bonchev–Trinajstić information content (AvgIpc) is 2.88. The first kappa shape index (κ1) is 17.3. The Morgan fingerprint density at radius 2 is 2.00 bits per heavy atom. The topological polar surface area (TPSA) is 92.2 Å². The van der Waals surface area contributed by atoms with Crippen LogP contribution < -0.4 is 4.74 Å². The molecule has 0 saturated heterocycles. The number of ketones is 1. The van der Waals surface area contributed by atoms with Gasteiger partial charge >= 0.3 is 5.97 Å². The number of hydrogen-bond donors (Lipinski definition) is 1. The molecule has 6 nitrogen and oxygen atoms in total. The number of nitrogens with zero attached hydrogens (tertiary/aromatic N) is 1. The van der Waals surface area contributed by atoms with Crippen LogP contribution in [0.1, 0.15) is 44.6 Å². The molecule has 1 atom stereocenters. The minimum absolute atomic E-state index is 0.284. The van der Waals surface area contributed by atoms with Crippen molar-refractivity contribution in [3.05, 3.63) is 52.3 Å². The van der Waals surface area contributed by atoms with Gasteiger partial charge in [0, 0.05) is 5.69 Å². The lowest BCUT2D eigenvalue weighted by molar-refractivity contribution is 0.0599. The second-order valence-electron chi connectivity index (χ2n) is 5.38. The van der Waals surface area contributed by atoms with Crippen molar-refractivity contribution in [1.29, 1.82) is 5.26 Å². The quantitative estimate of drug-likeness (QED) is 0.673. The van der Waals surface area contributed by atoms with E-state index in [1.165, 1.54) is 7.11 Å². The number of nitriles is 1. The summed E-state index contributed by atoms with van der Waals surface area (Å²) < 4.78 is 10.4. The number of carbonyl (C=O) groups excluding carboxylic acids is 2. The Morgan fingerprint density at radius 1 is 1.29 bits per heavy atom. The Hall–Kier alpha value is -3.07. The average molecular weight is 326 g/mol. The fraction of sp³-hybridized carbons (Fsp3) is 0.278. The van der Waals surface area contributed by atoms with E-state index < -0.39 is 12.1 Å². The van der Waals surface area contributed by atoms with Crippen LogP contribution in [0.2, 0.25) is 0 Å².